The van der Waals surface area contributed by atoms with Gasteiger partial charge in [-0.3, -0.25) is 4.79 Å². The van der Waals surface area contributed by atoms with Gasteiger partial charge >= 0.3 is 5.97 Å². The Morgan fingerprint density at radius 1 is 0.296 bits per heavy atom. The summed E-state index contributed by atoms with van der Waals surface area (Å²) < 4.78 is 4.62. The second kappa shape index (κ2) is 70.8. The van der Waals surface area contributed by atoms with Crippen LogP contribution in [0, 0.1) is 0 Å². The quantitative estimate of drug-likeness (QED) is 0.0339. The third-order valence-corrected chi connectivity index (χ3v) is 11.7. The molecule has 0 aromatic heterocycles. The van der Waals surface area contributed by atoms with Crippen molar-refractivity contribution in [2.45, 2.75) is 305 Å². The van der Waals surface area contributed by atoms with Gasteiger partial charge in [-0.2, -0.15) is 0 Å². The van der Waals surface area contributed by atoms with Crippen molar-refractivity contribution in [3.8, 4) is 0 Å². The Morgan fingerprint density at radius 3 is 0.704 bits per heavy atom. The number of ether oxygens (including phenoxy) is 1. The van der Waals surface area contributed by atoms with Crippen molar-refractivity contribution in [2.24, 2.45) is 0 Å². The fourth-order valence-corrected chi connectivity index (χ4v) is 7.26. The minimum atomic E-state index is -0.0909. The molecule has 0 aliphatic carbocycles. The van der Waals surface area contributed by atoms with Crippen LogP contribution in [0.25, 0.3) is 0 Å². The monoisotopic (exact) mass is 997 g/mol. The minimum absolute atomic E-state index is 0.0909. The summed E-state index contributed by atoms with van der Waals surface area (Å²) in [6.07, 6.45) is 62.2. The number of allylic oxidation sites excluding steroid dienone is 8. The second-order valence-electron chi connectivity index (χ2n) is 19.4. The maximum Gasteiger partial charge on any atom is 0.305 e. The molecule has 7 heteroatoms. The van der Waals surface area contributed by atoms with E-state index in [0.717, 1.165) is 89.9 Å². The maximum atomic E-state index is 10.9. The topological polar surface area (TPSA) is 112 Å². The summed E-state index contributed by atoms with van der Waals surface area (Å²) in [5, 5.41) is 0. The summed E-state index contributed by atoms with van der Waals surface area (Å²) in [4.78, 5) is 64.0. The number of carbonyl (C=O) groups is 6. The fourth-order valence-electron chi connectivity index (χ4n) is 7.26. The molecule has 0 radical (unpaired) electrons. The van der Waals surface area contributed by atoms with E-state index in [0.29, 0.717) is 35.3 Å². The van der Waals surface area contributed by atoms with Crippen molar-refractivity contribution in [3.63, 3.8) is 0 Å². The zero-order chi connectivity index (χ0) is 54.1. The Kier molecular flexibility index (Phi) is 76.2. The standard InChI is InChI=1S/C20H36O3.4C11H20O/c1-19(21)17-15-13-11-9-7-5-3-4-6-8-10-12-14-16-18-20(22)23-2;4*1-3-4-5-6-7-8-9-10-11(2)12/h3-4H,5-18H2,1-2H3;2*3-4H,5-10H2,1-2H3;2*3H,1,4-10H2,2H3. The number of rotatable bonds is 46. The van der Waals surface area contributed by atoms with Crippen molar-refractivity contribution < 1.29 is 33.5 Å². The first-order valence-electron chi connectivity index (χ1n) is 28.9. The van der Waals surface area contributed by atoms with Crippen LogP contribution in [0.15, 0.2) is 61.8 Å². The fraction of sp³-hybridized carbons (Fsp3) is 0.750. The molecule has 0 aromatic rings. The highest BCUT2D eigenvalue weighted by molar-refractivity contribution is 5.76. The third-order valence-electron chi connectivity index (χ3n) is 11.7. The van der Waals surface area contributed by atoms with Crippen molar-refractivity contribution in [1.29, 1.82) is 0 Å². The molecule has 7 nitrogen and oxygen atoms in total. The van der Waals surface area contributed by atoms with Crippen LogP contribution in [-0.2, 0) is 33.5 Å². The third kappa shape index (κ3) is 96.7. The molecule has 0 bridgehead atoms. The lowest BCUT2D eigenvalue weighted by Crippen LogP contribution is -1.98. The summed E-state index contributed by atoms with van der Waals surface area (Å²) in [6.45, 7) is 19.8. The highest BCUT2D eigenvalue weighted by atomic mass is 16.5. The van der Waals surface area contributed by atoms with E-state index >= 15 is 0 Å². The van der Waals surface area contributed by atoms with E-state index in [1.54, 1.807) is 34.6 Å². The first-order valence-corrected chi connectivity index (χ1v) is 28.9. The number of esters is 1. The molecule has 0 aliphatic heterocycles. The molecule has 0 unspecified atom stereocenters. The molecule has 0 fully saturated rings. The van der Waals surface area contributed by atoms with Crippen molar-refractivity contribution >= 4 is 34.9 Å². The zero-order valence-electron chi connectivity index (χ0n) is 48.2. The van der Waals surface area contributed by atoms with E-state index in [9.17, 15) is 28.8 Å². The van der Waals surface area contributed by atoms with Gasteiger partial charge in [0, 0.05) is 38.5 Å². The summed E-state index contributed by atoms with van der Waals surface area (Å²) >= 11 is 0. The number of carbonyl (C=O) groups excluding carboxylic acids is 6. The van der Waals surface area contributed by atoms with Crippen LogP contribution in [0.2, 0.25) is 0 Å². The number of Topliss-reactive ketones (excluding diaryl/α,β-unsaturated/α-hetero) is 5. The number of ketones is 5. The summed E-state index contributed by atoms with van der Waals surface area (Å²) in [5.41, 5.74) is 0. The van der Waals surface area contributed by atoms with Gasteiger partial charge in [0.2, 0.25) is 0 Å². The van der Waals surface area contributed by atoms with Crippen LogP contribution in [0.3, 0.4) is 0 Å². The molecule has 0 heterocycles. The lowest BCUT2D eigenvalue weighted by Gasteiger charge is -2.00. The normalized spacial score (nSPS) is 10.5. The summed E-state index contributed by atoms with van der Waals surface area (Å²) in [7, 11) is 1.45. The average Bonchev–Trinajstić information content (AvgIpc) is 3.33. The molecule has 0 N–H and O–H groups in total. The van der Waals surface area contributed by atoms with E-state index in [1.165, 1.54) is 168 Å². The van der Waals surface area contributed by atoms with Gasteiger partial charge < -0.3 is 28.7 Å². The predicted octanol–water partition coefficient (Wildman–Crippen LogP) is 19.7. The van der Waals surface area contributed by atoms with E-state index in [2.05, 4.69) is 68.2 Å². The van der Waals surface area contributed by atoms with Gasteiger partial charge in [0.1, 0.15) is 28.9 Å². The van der Waals surface area contributed by atoms with Gasteiger partial charge in [0.15, 0.2) is 0 Å². The van der Waals surface area contributed by atoms with Crippen molar-refractivity contribution in [2.75, 3.05) is 7.11 Å². The Morgan fingerprint density at radius 2 is 0.493 bits per heavy atom. The van der Waals surface area contributed by atoms with Gasteiger partial charge in [-0.25, -0.2) is 0 Å². The minimum Gasteiger partial charge on any atom is -0.469 e. The smallest absolute Gasteiger partial charge is 0.305 e. The summed E-state index contributed by atoms with van der Waals surface area (Å²) in [5.74, 6) is 1.51. The zero-order valence-corrected chi connectivity index (χ0v) is 48.2. The molecular formula is C64H116O7. The number of unbranched alkanes of at least 4 members (excludes halogenated alkanes) is 28. The van der Waals surface area contributed by atoms with E-state index < -0.39 is 0 Å². The van der Waals surface area contributed by atoms with Crippen molar-refractivity contribution in [1.82, 2.24) is 0 Å². The van der Waals surface area contributed by atoms with Gasteiger partial charge in [-0.05, 0) is 164 Å². The SMILES string of the molecule is C=CCCCCCCCC(C)=O.C=CCCCCCCCC(C)=O.CC=CCCCCCCC(C)=O.CC=CCCCCCCC(C)=O.COC(=O)CCCCCCCC=CCCCCCCCC(C)=O. The van der Waals surface area contributed by atoms with E-state index in [4.69, 9.17) is 0 Å². The molecule has 0 saturated heterocycles. The largest absolute Gasteiger partial charge is 0.469 e. The first kappa shape index (κ1) is 76.4. The van der Waals surface area contributed by atoms with Gasteiger partial charge in [-0.15, -0.1) is 13.2 Å². The van der Waals surface area contributed by atoms with Gasteiger partial charge in [0.05, 0.1) is 7.11 Å². The molecule has 0 rings (SSSR count). The number of hydrogen-bond acceptors (Lipinski definition) is 7. The molecule has 0 atom stereocenters. The molecule has 0 spiro atoms. The second-order valence-corrected chi connectivity index (χ2v) is 19.4. The first-order chi connectivity index (χ1) is 34.2. The van der Waals surface area contributed by atoms with Crippen LogP contribution in [0.5, 0.6) is 0 Å². The summed E-state index contributed by atoms with van der Waals surface area (Å²) in [6, 6.07) is 0. The lowest BCUT2D eigenvalue weighted by molar-refractivity contribution is -0.140. The highest BCUT2D eigenvalue weighted by Gasteiger charge is 2.00. The maximum absolute atomic E-state index is 10.9. The van der Waals surface area contributed by atoms with Crippen LogP contribution >= 0.6 is 0 Å². The van der Waals surface area contributed by atoms with E-state index in [-0.39, 0.29) is 5.97 Å². The Labute approximate surface area is 440 Å². The van der Waals surface area contributed by atoms with Crippen LogP contribution < -0.4 is 0 Å². The number of hydrogen-bond donors (Lipinski definition) is 0. The van der Waals surface area contributed by atoms with Gasteiger partial charge in [0.25, 0.3) is 0 Å². The molecule has 0 aliphatic rings. The van der Waals surface area contributed by atoms with Crippen LogP contribution in [0.4, 0.5) is 0 Å². The predicted molar refractivity (Wildman–Crippen MR) is 309 cm³/mol. The Balaban J connectivity index is -0.000000265. The van der Waals surface area contributed by atoms with E-state index in [1.807, 2.05) is 12.2 Å². The molecule has 71 heavy (non-hydrogen) atoms. The van der Waals surface area contributed by atoms with Crippen LogP contribution in [-0.4, -0.2) is 42.0 Å². The molecule has 0 amide bonds. The lowest BCUT2D eigenvalue weighted by atomic mass is 10.1. The number of methoxy groups -OCH3 is 1. The molecule has 0 aromatic carbocycles. The Bertz CT molecular complexity index is 1220. The highest BCUT2D eigenvalue weighted by Crippen LogP contribution is 2.12. The van der Waals surface area contributed by atoms with Gasteiger partial charge in [-0.1, -0.05) is 151 Å². The molecule has 0 saturated carbocycles. The van der Waals surface area contributed by atoms with Crippen LogP contribution in [0.1, 0.15) is 305 Å². The Hall–Kier alpha value is -3.48. The van der Waals surface area contributed by atoms with Crippen molar-refractivity contribution in [3.05, 3.63) is 61.8 Å². The molecular weight excluding hydrogens is 881 g/mol. The molecule has 414 valence electrons. The average molecular weight is 998 g/mol.